The third-order valence-electron chi connectivity index (χ3n) is 4.32. The predicted molar refractivity (Wildman–Crippen MR) is 92.8 cm³/mol. The van der Waals surface area contributed by atoms with E-state index in [1.807, 2.05) is 12.3 Å². The van der Waals surface area contributed by atoms with Gasteiger partial charge in [0.1, 0.15) is 5.82 Å². The summed E-state index contributed by atoms with van der Waals surface area (Å²) < 4.78 is 0. The molecule has 2 N–H and O–H groups in total. The van der Waals surface area contributed by atoms with Crippen LogP contribution in [0, 0.1) is 0 Å². The van der Waals surface area contributed by atoms with Gasteiger partial charge in [0.05, 0.1) is 0 Å². The number of nitrogens with zero attached hydrogens (tertiary/aromatic N) is 1. The number of pyridine rings is 1. The van der Waals surface area contributed by atoms with Crippen molar-refractivity contribution in [2.24, 2.45) is 0 Å². The minimum atomic E-state index is 0.474. The molecule has 112 valence electrons. The summed E-state index contributed by atoms with van der Waals surface area (Å²) in [5.41, 5.74) is 5.74. The zero-order valence-corrected chi connectivity index (χ0v) is 13.5. The molecule has 3 nitrogen and oxygen atoms in total. The Hall–Kier alpha value is -2.00. The van der Waals surface area contributed by atoms with Gasteiger partial charge in [-0.2, -0.15) is 0 Å². The van der Waals surface area contributed by atoms with Gasteiger partial charge in [-0.15, -0.1) is 0 Å². The zero-order valence-electron chi connectivity index (χ0n) is 12.7. The number of halogens is 1. The fourth-order valence-corrected chi connectivity index (χ4v) is 3.31. The van der Waals surface area contributed by atoms with Crippen LogP contribution in [0.1, 0.15) is 31.0 Å². The maximum Gasteiger partial charge on any atom is 0.129 e. The third-order valence-corrected chi connectivity index (χ3v) is 4.63. The monoisotopic (exact) mass is 311 g/mol. The summed E-state index contributed by atoms with van der Waals surface area (Å²) in [5, 5.41) is 5.22. The summed E-state index contributed by atoms with van der Waals surface area (Å²) in [7, 11) is 0. The summed E-state index contributed by atoms with van der Waals surface area (Å²) in [6, 6.07) is 8.55. The van der Waals surface area contributed by atoms with Crippen molar-refractivity contribution >= 4 is 28.3 Å². The largest absolute Gasteiger partial charge is 0.370 e. The van der Waals surface area contributed by atoms with Gasteiger partial charge in [0.15, 0.2) is 0 Å². The molecule has 2 aromatic heterocycles. The van der Waals surface area contributed by atoms with Crippen LogP contribution in [0.3, 0.4) is 0 Å². The highest BCUT2D eigenvalue weighted by Crippen LogP contribution is 2.35. The van der Waals surface area contributed by atoms with E-state index in [1.165, 1.54) is 11.3 Å². The van der Waals surface area contributed by atoms with E-state index in [1.54, 1.807) is 0 Å². The lowest BCUT2D eigenvalue weighted by atomic mass is 10.0. The molecule has 22 heavy (non-hydrogen) atoms. The van der Waals surface area contributed by atoms with Gasteiger partial charge in [0.25, 0.3) is 0 Å². The van der Waals surface area contributed by atoms with Gasteiger partial charge in [-0.3, -0.25) is 0 Å². The fourth-order valence-electron chi connectivity index (χ4n) is 3.03. The summed E-state index contributed by atoms with van der Waals surface area (Å²) in [6.45, 7) is 5.34. The zero-order chi connectivity index (χ0) is 15.3. The normalized spacial score (nSPS) is 13.6. The van der Waals surface area contributed by atoms with Crippen LogP contribution < -0.4 is 5.32 Å². The van der Waals surface area contributed by atoms with E-state index in [-0.39, 0.29) is 0 Å². The van der Waals surface area contributed by atoms with Gasteiger partial charge >= 0.3 is 0 Å². The molecular formula is C18H18ClN3. The van der Waals surface area contributed by atoms with E-state index < -0.39 is 0 Å². The lowest BCUT2D eigenvalue weighted by molar-refractivity contribution is 0.836. The summed E-state index contributed by atoms with van der Waals surface area (Å²) in [4.78, 5) is 8.00. The predicted octanol–water partition coefficient (Wildman–Crippen LogP) is 4.97. The average molecular weight is 312 g/mol. The molecule has 0 radical (unpaired) electrons. The first-order valence-electron chi connectivity index (χ1n) is 7.67. The van der Waals surface area contributed by atoms with Gasteiger partial charge in [-0.05, 0) is 42.2 Å². The van der Waals surface area contributed by atoms with Crippen LogP contribution >= 0.6 is 11.6 Å². The number of rotatable bonds is 2. The van der Waals surface area contributed by atoms with Gasteiger partial charge in [-0.25, -0.2) is 4.98 Å². The Morgan fingerprint density at radius 3 is 2.86 bits per heavy atom. The number of nitrogens with one attached hydrogen (secondary N) is 2. The van der Waals surface area contributed by atoms with E-state index in [0.717, 1.165) is 45.8 Å². The quantitative estimate of drug-likeness (QED) is 0.701. The van der Waals surface area contributed by atoms with Crippen LogP contribution in [0.25, 0.3) is 22.0 Å². The van der Waals surface area contributed by atoms with E-state index in [2.05, 4.69) is 47.3 Å². The molecule has 1 aliphatic heterocycles. The summed E-state index contributed by atoms with van der Waals surface area (Å²) in [5.74, 6) is 1.48. The second-order valence-electron chi connectivity index (χ2n) is 6.21. The molecule has 0 aliphatic carbocycles. The van der Waals surface area contributed by atoms with Crippen molar-refractivity contribution in [1.29, 1.82) is 0 Å². The molecule has 0 amide bonds. The molecule has 1 aliphatic rings. The van der Waals surface area contributed by atoms with Crippen molar-refractivity contribution in [2.45, 2.75) is 26.2 Å². The molecule has 3 aromatic rings. The first-order chi connectivity index (χ1) is 10.6. The first kappa shape index (κ1) is 13.6. The second kappa shape index (κ2) is 5.03. The van der Waals surface area contributed by atoms with Crippen molar-refractivity contribution in [1.82, 2.24) is 9.97 Å². The number of benzene rings is 1. The highest BCUT2D eigenvalue weighted by molar-refractivity contribution is 6.34. The molecule has 0 fully saturated rings. The van der Waals surface area contributed by atoms with E-state index in [0.29, 0.717) is 5.92 Å². The second-order valence-corrected chi connectivity index (χ2v) is 6.61. The number of anilines is 1. The van der Waals surface area contributed by atoms with Crippen molar-refractivity contribution in [3.05, 3.63) is 46.7 Å². The smallest absolute Gasteiger partial charge is 0.129 e. The van der Waals surface area contributed by atoms with Crippen LogP contribution in [0.15, 0.2) is 30.5 Å². The maximum absolute atomic E-state index is 6.52. The summed E-state index contributed by atoms with van der Waals surface area (Å²) >= 11 is 6.52. The Labute approximate surface area is 134 Å². The van der Waals surface area contributed by atoms with Crippen molar-refractivity contribution < 1.29 is 0 Å². The molecular weight excluding hydrogens is 294 g/mol. The Morgan fingerprint density at radius 1 is 1.18 bits per heavy atom. The number of hydrogen-bond acceptors (Lipinski definition) is 2. The SMILES string of the molecule is CC(C)c1cc2cc(Cl)c(-c3cnc4c(c3)CCN4)cc2[nH]1. The topological polar surface area (TPSA) is 40.7 Å². The molecule has 3 heterocycles. The van der Waals surface area contributed by atoms with Crippen LogP contribution in [-0.4, -0.2) is 16.5 Å². The van der Waals surface area contributed by atoms with Crippen LogP contribution in [-0.2, 0) is 6.42 Å². The molecule has 4 heteroatoms. The van der Waals surface area contributed by atoms with E-state index >= 15 is 0 Å². The molecule has 0 atom stereocenters. The first-order valence-corrected chi connectivity index (χ1v) is 8.05. The molecule has 0 unspecified atom stereocenters. The molecule has 1 aromatic carbocycles. The van der Waals surface area contributed by atoms with Crippen LogP contribution in [0.5, 0.6) is 0 Å². The average Bonchev–Trinajstić information content (AvgIpc) is 3.11. The number of fused-ring (bicyclic) bond motifs is 2. The molecule has 0 spiro atoms. The minimum absolute atomic E-state index is 0.474. The van der Waals surface area contributed by atoms with Gasteiger partial charge < -0.3 is 10.3 Å². The van der Waals surface area contributed by atoms with Crippen molar-refractivity contribution in [3.63, 3.8) is 0 Å². The van der Waals surface area contributed by atoms with Gasteiger partial charge in [0, 0.05) is 45.5 Å². The third kappa shape index (κ3) is 2.17. The number of aromatic nitrogens is 2. The minimum Gasteiger partial charge on any atom is -0.370 e. The van der Waals surface area contributed by atoms with Crippen LogP contribution in [0.4, 0.5) is 5.82 Å². The lowest BCUT2D eigenvalue weighted by Crippen LogP contribution is -1.92. The Balaban J connectivity index is 1.85. The number of aromatic amines is 1. The van der Waals surface area contributed by atoms with E-state index in [9.17, 15) is 0 Å². The molecule has 0 saturated carbocycles. The number of H-pyrrole nitrogens is 1. The van der Waals surface area contributed by atoms with Gasteiger partial charge in [-0.1, -0.05) is 25.4 Å². The highest BCUT2D eigenvalue weighted by atomic mass is 35.5. The standard InChI is InChI=1S/C18H18ClN3/c1-10(2)16-7-12-6-15(19)14(8-17(12)22-16)13-5-11-3-4-20-18(11)21-9-13/h5-10,22H,3-4H2,1-2H3,(H,20,21). The Morgan fingerprint density at radius 2 is 2.05 bits per heavy atom. The van der Waals surface area contributed by atoms with Crippen molar-refractivity contribution in [2.75, 3.05) is 11.9 Å². The molecule has 0 bridgehead atoms. The Bertz CT molecular complexity index is 864. The lowest BCUT2D eigenvalue weighted by Gasteiger charge is -2.07. The molecule has 4 rings (SSSR count). The van der Waals surface area contributed by atoms with E-state index in [4.69, 9.17) is 11.6 Å². The highest BCUT2D eigenvalue weighted by Gasteiger charge is 2.15. The molecule has 0 saturated heterocycles. The van der Waals surface area contributed by atoms with Gasteiger partial charge in [0.2, 0.25) is 0 Å². The fraction of sp³-hybridized carbons (Fsp3) is 0.278. The van der Waals surface area contributed by atoms with Crippen LogP contribution in [0.2, 0.25) is 5.02 Å². The Kier molecular flexibility index (Phi) is 3.12. The summed E-state index contributed by atoms with van der Waals surface area (Å²) in [6.07, 6.45) is 2.92. The van der Waals surface area contributed by atoms with Crippen molar-refractivity contribution in [3.8, 4) is 11.1 Å². The maximum atomic E-state index is 6.52. The number of hydrogen-bond donors (Lipinski definition) is 2.